The molecule has 4 unspecified atom stereocenters. The van der Waals surface area contributed by atoms with Crippen LogP contribution in [0.25, 0.3) is 0 Å². The zero-order valence-electron chi connectivity index (χ0n) is 42.2. The summed E-state index contributed by atoms with van der Waals surface area (Å²) in [5, 5.41) is 3.18. The predicted molar refractivity (Wildman–Crippen MR) is 254 cm³/mol. The number of hydrogen-bond donors (Lipinski definition) is 1. The third-order valence-corrected chi connectivity index (χ3v) is 11.3. The van der Waals surface area contributed by atoms with Gasteiger partial charge in [-0.3, -0.25) is 24.0 Å². The fourth-order valence-electron chi connectivity index (χ4n) is 6.59. The molecule has 0 saturated carbocycles. The van der Waals surface area contributed by atoms with E-state index in [0.29, 0.717) is 19.4 Å². The maximum Gasteiger partial charge on any atom is 0.308 e. The Morgan fingerprint density at radius 1 is 0.453 bits per heavy atom. The predicted octanol–water partition coefficient (Wildman–Crippen LogP) is 10.8. The molecule has 0 radical (unpaired) electrons. The Kier molecular flexibility index (Phi) is 44.4. The first-order valence-corrected chi connectivity index (χ1v) is 25.3. The Morgan fingerprint density at radius 2 is 0.781 bits per heavy atom. The van der Waals surface area contributed by atoms with Crippen LogP contribution in [0.15, 0.2) is 0 Å². The summed E-state index contributed by atoms with van der Waals surface area (Å²) in [6, 6.07) is 0. The van der Waals surface area contributed by atoms with Gasteiger partial charge in [-0.15, -0.1) is 0 Å². The van der Waals surface area contributed by atoms with Gasteiger partial charge in [0.1, 0.15) is 38.8 Å². The molecule has 0 spiro atoms. The molecule has 0 aliphatic carbocycles. The molecule has 0 heterocycles. The molecular weight excluding hydrogens is 819 g/mol. The van der Waals surface area contributed by atoms with E-state index in [2.05, 4.69) is 33.0 Å². The van der Waals surface area contributed by atoms with Crippen LogP contribution in [0.3, 0.4) is 0 Å². The molecule has 0 aliphatic heterocycles. The van der Waals surface area contributed by atoms with Gasteiger partial charge in [-0.2, -0.15) is 0 Å². The first-order chi connectivity index (χ1) is 30.8. The molecule has 0 aromatic carbocycles. The Bertz CT molecular complexity index is 1100. The highest BCUT2D eigenvalue weighted by Gasteiger charge is 2.24. The zero-order valence-corrected chi connectivity index (χ0v) is 42.2. The second kappa shape index (κ2) is 45.1. The lowest BCUT2D eigenvalue weighted by Crippen LogP contribution is -2.33. The van der Waals surface area contributed by atoms with E-state index in [-0.39, 0.29) is 80.4 Å². The molecule has 64 heavy (non-hydrogen) atoms. The molecule has 0 rings (SSSR count). The summed E-state index contributed by atoms with van der Waals surface area (Å²) in [6.07, 6.45) is 22.8. The molecule has 0 bridgehead atoms. The van der Waals surface area contributed by atoms with Crippen LogP contribution in [0.5, 0.6) is 0 Å². The molecule has 0 saturated heterocycles. The van der Waals surface area contributed by atoms with Gasteiger partial charge in [0.15, 0.2) is 6.10 Å². The van der Waals surface area contributed by atoms with E-state index in [4.69, 9.17) is 28.4 Å². The van der Waals surface area contributed by atoms with Gasteiger partial charge in [0.25, 0.3) is 0 Å². The van der Waals surface area contributed by atoms with Crippen LogP contribution in [-0.2, 0) is 57.2 Å². The standard InChI is InChI=1S/C29H53NO7.C22H42O5/c1-5-7-9-11-16-24(3)28(33)35-22-26(23-36-29(34)25(4)17-12-10-8-6-2)37-27(32)18-15-20-30-19-13-14-21-31;1-6-8-10-12-14-18(3)21(23)26-16-20(25-5)17-27-22(24)19(4)15-13-11-9-7-2/h21,24-26,30H,5-20,22-23H2,1-4H3;18-20H,6-17H2,1-5H3. The molecule has 0 fully saturated rings. The average Bonchev–Trinajstić information content (AvgIpc) is 3.29. The smallest absolute Gasteiger partial charge is 0.308 e. The number of methoxy groups -OCH3 is 1. The van der Waals surface area contributed by atoms with E-state index in [1.807, 2.05) is 27.7 Å². The quantitative estimate of drug-likeness (QED) is 0.0266. The largest absolute Gasteiger partial charge is 0.463 e. The number of ether oxygens (including phenoxy) is 6. The monoisotopic (exact) mass is 914 g/mol. The minimum Gasteiger partial charge on any atom is -0.463 e. The number of carbonyl (C=O) groups excluding carboxylic acids is 6. The van der Waals surface area contributed by atoms with Gasteiger partial charge in [0.05, 0.1) is 23.7 Å². The maximum atomic E-state index is 12.4. The van der Waals surface area contributed by atoms with Crippen LogP contribution in [0, 0.1) is 23.7 Å². The first kappa shape index (κ1) is 63.0. The number of nitrogens with one attached hydrogen (secondary N) is 1. The van der Waals surface area contributed by atoms with Gasteiger partial charge in [-0.05, 0) is 51.6 Å². The Hall–Kier alpha value is -3.06. The van der Waals surface area contributed by atoms with Crippen LogP contribution in [0.2, 0.25) is 0 Å². The second-order valence-corrected chi connectivity index (χ2v) is 17.7. The summed E-state index contributed by atoms with van der Waals surface area (Å²) >= 11 is 0. The van der Waals surface area contributed by atoms with Crippen molar-refractivity contribution in [3.8, 4) is 0 Å². The van der Waals surface area contributed by atoms with E-state index < -0.39 is 18.2 Å². The van der Waals surface area contributed by atoms with Gasteiger partial charge in [-0.1, -0.05) is 158 Å². The molecule has 0 aromatic heterocycles. The molecule has 376 valence electrons. The topological polar surface area (TPSA) is 170 Å². The van der Waals surface area contributed by atoms with E-state index in [9.17, 15) is 28.8 Å². The van der Waals surface area contributed by atoms with Gasteiger partial charge >= 0.3 is 29.8 Å². The normalized spacial score (nSPS) is 13.8. The fraction of sp³-hybridized carbons (Fsp3) is 0.882. The molecular formula is C51H95NO12. The number of hydrogen-bond acceptors (Lipinski definition) is 13. The average molecular weight is 914 g/mol. The number of rotatable bonds is 42. The summed E-state index contributed by atoms with van der Waals surface area (Å²) in [5.74, 6) is -2.16. The summed E-state index contributed by atoms with van der Waals surface area (Å²) in [5.41, 5.74) is 0. The van der Waals surface area contributed by atoms with Crippen molar-refractivity contribution >= 4 is 36.1 Å². The third kappa shape index (κ3) is 38.2. The first-order valence-electron chi connectivity index (χ1n) is 25.3. The molecule has 4 atom stereocenters. The third-order valence-electron chi connectivity index (χ3n) is 11.3. The minimum absolute atomic E-state index is 0.106. The van der Waals surface area contributed by atoms with Gasteiger partial charge < -0.3 is 38.5 Å². The number of unbranched alkanes of at least 4 members (excludes halogenated alkanes) is 13. The lowest BCUT2D eigenvalue weighted by Gasteiger charge is -2.20. The molecule has 0 aliphatic rings. The van der Waals surface area contributed by atoms with Crippen LogP contribution in [0.4, 0.5) is 0 Å². The number of carbonyl (C=O) groups is 6. The molecule has 0 aromatic rings. The van der Waals surface area contributed by atoms with Crippen molar-refractivity contribution in [2.24, 2.45) is 23.7 Å². The molecule has 1 N–H and O–H groups in total. The van der Waals surface area contributed by atoms with E-state index >= 15 is 0 Å². The van der Waals surface area contributed by atoms with Crippen LogP contribution >= 0.6 is 0 Å². The maximum absolute atomic E-state index is 12.4. The van der Waals surface area contributed by atoms with Crippen molar-refractivity contribution in [3.05, 3.63) is 0 Å². The zero-order chi connectivity index (χ0) is 48.2. The number of esters is 5. The van der Waals surface area contributed by atoms with Crippen LogP contribution in [0.1, 0.15) is 209 Å². The summed E-state index contributed by atoms with van der Waals surface area (Å²) in [4.78, 5) is 71.7. The van der Waals surface area contributed by atoms with Crippen LogP contribution < -0.4 is 5.32 Å². The van der Waals surface area contributed by atoms with Crippen LogP contribution in [-0.4, -0.2) is 95.0 Å². The SMILES string of the molecule is CCCCCCC(C)C(=O)OCC(COC(=O)C(C)CCCCCC)OC.CCCCCCC(C)C(=O)OCC(COC(=O)C(C)CCCCCC)OC(=O)CCCNCCCC=O. The highest BCUT2D eigenvalue weighted by Crippen LogP contribution is 2.17. The summed E-state index contributed by atoms with van der Waals surface area (Å²) in [6.45, 7) is 17.4. The van der Waals surface area contributed by atoms with Crippen molar-refractivity contribution in [1.82, 2.24) is 5.32 Å². The lowest BCUT2D eigenvalue weighted by atomic mass is 10.0. The van der Waals surface area contributed by atoms with Crippen molar-refractivity contribution in [3.63, 3.8) is 0 Å². The van der Waals surface area contributed by atoms with E-state index in [0.717, 1.165) is 122 Å². The van der Waals surface area contributed by atoms with Gasteiger partial charge in [0, 0.05) is 20.0 Å². The van der Waals surface area contributed by atoms with Crippen molar-refractivity contribution in [2.75, 3.05) is 46.6 Å². The highest BCUT2D eigenvalue weighted by molar-refractivity contribution is 5.73. The van der Waals surface area contributed by atoms with Crippen molar-refractivity contribution in [1.29, 1.82) is 0 Å². The Balaban J connectivity index is 0. The van der Waals surface area contributed by atoms with Gasteiger partial charge in [0.2, 0.25) is 0 Å². The minimum atomic E-state index is -0.833. The molecule has 0 amide bonds. The summed E-state index contributed by atoms with van der Waals surface area (Å²) in [7, 11) is 1.54. The number of aldehydes is 1. The molecule has 13 heteroatoms. The highest BCUT2D eigenvalue weighted by atomic mass is 16.6. The Labute approximate surface area is 389 Å². The fourth-order valence-corrected chi connectivity index (χ4v) is 6.59. The van der Waals surface area contributed by atoms with E-state index in [1.54, 1.807) is 0 Å². The summed E-state index contributed by atoms with van der Waals surface area (Å²) < 4.78 is 32.4. The lowest BCUT2D eigenvalue weighted by molar-refractivity contribution is -0.169. The van der Waals surface area contributed by atoms with Gasteiger partial charge in [-0.25, -0.2) is 0 Å². The Morgan fingerprint density at radius 3 is 1.09 bits per heavy atom. The second-order valence-electron chi connectivity index (χ2n) is 17.7. The molecule has 13 nitrogen and oxygen atoms in total. The van der Waals surface area contributed by atoms with Crippen molar-refractivity contribution < 1.29 is 57.2 Å². The van der Waals surface area contributed by atoms with Crippen molar-refractivity contribution in [2.45, 2.75) is 222 Å². The van der Waals surface area contributed by atoms with E-state index in [1.165, 1.54) is 32.8 Å².